The van der Waals surface area contributed by atoms with Gasteiger partial charge in [0.05, 0.1) is 11.8 Å². The molecule has 0 aliphatic rings. The standard InChI is InChI=1S/C15H20N4S/c1-15(2,3)14-12(10-19(4)18-14)13(8-16)17-9-11-6-5-7-20-11/h5-7,10,13,17H,9H2,1-4H3. The van der Waals surface area contributed by atoms with Gasteiger partial charge in [-0.1, -0.05) is 26.8 Å². The number of nitrogens with zero attached hydrogens (tertiary/aromatic N) is 3. The Morgan fingerprint density at radius 1 is 1.50 bits per heavy atom. The molecule has 4 nitrogen and oxygen atoms in total. The van der Waals surface area contributed by atoms with Gasteiger partial charge in [0.2, 0.25) is 0 Å². The van der Waals surface area contributed by atoms with E-state index >= 15 is 0 Å². The summed E-state index contributed by atoms with van der Waals surface area (Å²) in [5.41, 5.74) is 1.88. The zero-order valence-electron chi connectivity index (χ0n) is 12.3. The minimum absolute atomic E-state index is 0.0731. The summed E-state index contributed by atoms with van der Waals surface area (Å²) >= 11 is 1.69. The lowest BCUT2D eigenvalue weighted by molar-refractivity contribution is 0.536. The molecule has 1 unspecified atom stereocenters. The number of thiophene rings is 1. The van der Waals surface area contributed by atoms with Crippen LogP contribution in [0.3, 0.4) is 0 Å². The van der Waals surface area contributed by atoms with Crippen molar-refractivity contribution >= 4 is 11.3 Å². The molecule has 0 saturated carbocycles. The fraction of sp³-hybridized carbons (Fsp3) is 0.467. The van der Waals surface area contributed by atoms with Gasteiger partial charge in [0.1, 0.15) is 6.04 Å². The Balaban J connectivity index is 2.22. The average molecular weight is 288 g/mol. The maximum absolute atomic E-state index is 9.46. The molecule has 0 saturated heterocycles. The lowest BCUT2D eigenvalue weighted by Gasteiger charge is -2.19. The Labute approximate surface area is 124 Å². The molecule has 2 aromatic rings. The molecule has 2 rings (SSSR count). The number of nitrogens with one attached hydrogen (secondary N) is 1. The minimum Gasteiger partial charge on any atom is -0.293 e. The molecule has 0 amide bonds. The summed E-state index contributed by atoms with van der Waals surface area (Å²) in [5.74, 6) is 0. The van der Waals surface area contributed by atoms with Gasteiger partial charge >= 0.3 is 0 Å². The topological polar surface area (TPSA) is 53.6 Å². The fourth-order valence-electron chi connectivity index (χ4n) is 2.14. The van der Waals surface area contributed by atoms with Crippen LogP contribution in [-0.2, 0) is 19.0 Å². The second-order valence-corrected chi connectivity index (χ2v) is 6.91. The van der Waals surface area contributed by atoms with E-state index in [-0.39, 0.29) is 11.5 Å². The first-order chi connectivity index (χ1) is 9.41. The molecule has 0 fully saturated rings. The van der Waals surface area contributed by atoms with Crippen LogP contribution in [-0.4, -0.2) is 9.78 Å². The quantitative estimate of drug-likeness (QED) is 0.940. The van der Waals surface area contributed by atoms with Crippen LogP contribution in [0.5, 0.6) is 0 Å². The van der Waals surface area contributed by atoms with Crippen molar-refractivity contribution < 1.29 is 0 Å². The highest BCUT2D eigenvalue weighted by atomic mass is 32.1. The lowest BCUT2D eigenvalue weighted by atomic mass is 9.88. The molecular formula is C15H20N4S. The van der Waals surface area contributed by atoms with E-state index in [1.54, 1.807) is 16.0 Å². The Morgan fingerprint density at radius 3 is 2.80 bits per heavy atom. The predicted molar refractivity (Wildman–Crippen MR) is 81.4 cm³/mol. The van der Waals surface area contributed by atoms with Crippen molar-refractivity contribution in [3.63, 3.8) is 0 Å². The van der Waals surface area contributed by atoms with Gasteiger partial charge in [0.25, 0.3) is 0 Å². The molecule has 1 atom stereocenters. The summed E-state index contributed by atoms with van der Waals surface area (Å²) < 4.78 is 1.78. The van der Waals surface area contributed by atoms with E-state index in [1.165, 1.54) is 4.88 Å². The van der Waals surface area contributed by atoms with Gasteiger partial charge < -0.3 is 0 Å². The lowest BCUT2D eigenvalue weighted by Crippen LogP contribution is -2.23. The van der Waals surface area contributed by atoms with E-state index in [0.29, 0.717) is 6.54 Å². The summed E-state index contributed by atoms with van der Waals surface area (Å²) in [6.07, 6.45) is 1.94. The summed E-state index contributed by atoms with van der Waals surface area (Å²) in [6, 6.07) is 6.10. The number of aryl methyl sites for hydroxylation is 1. The van der Waals surface area contributed by atoms with Crippen molar-refractivity contribution in [3.05, 3.63) is 39.8 Å². The highest BCUT2D eigenvalue weighted by Gasteiger charge is 2.26. The van der Waals surface area contributed by atoms with Crippen LogP contribution in [0.25, 0.3) is 0 Å². The molecule has 0 aliphatic heterocycles. The first-order valence-corrected chi connectivity index (χ1v) is 7.49. The van der Waals surface area contributed by atoms with Crippen molar-refractivity contribution in [2.45, 2.75) is 38.8 Å². The normalized spacial score (nSPS) is 13.2. The molecule has 2 aromatic heterocycles. The van der Waals surface area contributed by atoms with Crippen LogP contribution >= 0.6 is 11.3 Å². The fourth-order valence-corrected chi connectivity index (χ4v) is 2.80. The molecule has 0 bridgehead atoms. The number of hydrogen-bond acceptors (Lipinski definition) is 4. The summed E-state index contributed by atoms with van der Waals surface area (Å²) in [4.78, 5) is 1.23. The number of hydrogen-bond donors (Lipinski definition) is 1. The molecule has 1 N–H and O–H groups in total. The molecule has 0 radical (unpaired) electrons. The van der Waals surface area contributed by atoms with Gasteiger partial charge in [-0.3, -0.25) is 10.00 Å². The largest absolute Gasteiger partial charge is 0.293 e. The number of aromatic nitrogens is 2. The number of nitriles is 1. The molecule has 2 heterocycles. The maximum Gasteiger partial charge on any atom is 0.124 e. The van der Waals surface area contributed by atoms with Crippen LogP contribution in [0.2, 0.25) is 0 Å². The SMILES string of the molecule is Cn1cc(C(C#N)NCc2cccs2)c(C(C)(C)C)n1. The summed E-state index contributed by atoms with van der Waals surface area (Å²) in [6.45, 7) is 7.06. The summed E-state index contributed by atoms with van der Waals surface area (Å²) in [5, 5.41) is 19.3. The Kier molecular flexibility index (Phi) is 4.26. The van der Waals surface area contributed by atoms with Crippen molar-refractivity contribution in [3.8, 4) is 6.07 Å². The van der Waals surface area contributed by atoms with Crippen LogP contribution in [0.4, 0.5) is 0 Å². The third-order valence-electron chi connectivity index (χ3n) is 3.07. The van der Waals surface area contributed by atoms with Crippen LogP contribution < -0.4 is 5.32 Å². The maximum atomic E-state index is 9.46. The molecular weight excluding hydrogens is 268 g/mol. The van der Waals surface area contributed by atoms with E-state index in [0.717, 1.165) is 11.3 Å². The Bertz CT molecular complexity index is 599. The van der Waals surface area contributed by atoms with Gasteiger partial charge in [0, 0.05) is 35.6 Å². The monoisotopic (exact) mass is 288 g/mol. The molecule has 5 heteroatoms. The van der Waals surface area contributed by atoms with E-state index in [1.807, 2.05) is 24.7 Å². The zero-order chi connectivity index (χ0) is 14.8. The molecule has 106 valence electrons. The van der Waals surface area contributed by atoms with Crippen molar-refractivity contribution in [1.29, 1.82) is 5.26 Å². The van der Waals surface area contributed by atoms with Crippen molar-refractivity contribution in [1.82, 2.24) is 15.1 Å². The highest BCUT2D eigenvalue weighted by Crippen LogP contribution is 2.28. The first-order valence-electron chi connectivity index (χ1n) is 6.61. The third-order valence-corrected chi connectivity index (χ3v) is 3.94. The zero-order valence-corrected chi connectivity index (χ0v) is 13.2. The van der Waals surface area contributed by atoms with Crippen molar-refractivity contribution in [2.75, 3.05) is 0 Å². The molecule has 0 aromatic carbocycles. The highest BCUT2D eigenvalue weighted by molar-refractivity contribution is 7.09. The van der Waals surface area contributed by atoms with Crippen LogP contribution in [0.1, 0.15) is 42.9 Å². The van der Waals surface area contributed by atoms with Gasteiger partial charge in [-0.15, -0.1) is 11.3 Å². The van der Waals surface area contributed by atoms with E-state index < -0.39 is 0 Å². The smallest absolute Gasteiger partial charge is 0.124 e. The third kappa shape index (κ3) is 3.27. The van der Waals surface area contributed by atoms with Gasteiger partial charge in [-0.05, 0) is 11.4 Å². The van der Waals surface area contributed by atoms with Crippen LogP contribution in [0, 0.1) is 11.3 Å². The van der Waals surface area contributed by atoms with Gasteiger partial charge in [-0.25, -0.2) is 0 Å². The molecule has 0 spiro atoms. The minimum atomic E-state index is -0.333. The Morgan fingerprint density at radius 2 is 2.25 bits per heavy atom. The van der Waals surface area contributed by atoms with Gasteiger partial charge in [0.15, 0.2) is 0 Å². The van der Waals surface area contributed by atoms with Crippen molar-refractivity contribution in [2.24, 2.45) is 7.05 Å². The molecule has 0 aliphatic carbocycles. The second-order valence-electron chi connectivity index (χ2n) is 5.88. The molecule has 20 heavy (non-hydrogen) atoms. The first kappa shape index (κ1) is 14.8. The average Bonchev–Trinajstić information content (AvgIpc) is 2.99. The predicted octanol–water partition coefficient (Wildman–Crippen LogP) is 3.13. The Hall–Kier alpha value is -1.64. The van der Waals surface area contributed by atoms with E-state index in [9.17, 15) is 5.26 Å². The van der Waals surface area contributed by atoms with E-state index in [4.69, 9.17) is 0 Å². The van der Waals surface area contributed by atoms with Crippen LogP contribution in [0.15, 0.2) is 23.7 Å². The van der Waals surface area contributed by atoms with Gasteiger partial charge in [-0.2, -0.15) is 10.4 Å². The number of rotatable bonds is 4. The second kappa shape index (κ2) is 5.78. The van der Waals surface area contributed by atoms with E-state index in [2.05, 4.69) is 43.3 Å². The summed E-state index contributed by atoms with van der Waals surface area (Å²) in [7, 11) is 1.90.